The highest BCUT2D eigenvalue weighted by molar-refractivity contribution is 6.33. The van der Waals surface area contributed by atoms with Crippen LogP contribution in [0.4, 0.5) is 0 Å². The Balaban J connectivity index is 1.66. The van der Waals surface area contributed by atoms with Crippen molar-refractivity contribution in [2.75, 3.05) is 32.7 Å². The first-order valence-electron chi connectivity index (χ1n) is 8.41. The zero-order valence-corrected chi connectivity index (χ0v) is 14.9. The van der Waals surface area contributed by atoms with Crippen LogP contribution in [-0.4, -0.2) is 48.4 Å². The molecule has 4 nitrogen and oxygen atoms in total. The summed E-state index contributed by atoms with van der Waals surface area (Å²) in [5, 5.41) is 0.619. The molecule has 5 heteroatoms. The van der Waals surface area contributed by atoms with Crippen molar-refractivity contribution in [3.05, 3.63) is 47.2 Å². The van der Waals surface area contributed by atoms with Crippen LogP contribution in [0.25, 0.3) is 11.3 Å². The molecular formula is C19H23ClN2O2. The van der Waals surface area contributed by atoms with Crippen molar-refractivity contribution in [1.82, 2.24) is 9.80 Å². The summed E-state index contributed by atoms with van der Waals surface area (Å²) in [6.45, 7) is 8.85. The normalized spacial score (nSPS) is 15.9. The van der Waals surface area contributed by atoms with Crippen molar-refractivity contribution in [3.8, 4) is 11.3 Å². The first-order chi connectivity index (χ1) is 11.5. The molecule has 24 heavy (non-hydrogen) atoms. The lowest BCUT2D eigenvalue weighted by molar-refractivity contribution is 0.0594. The Bertz CT molecular complexity index is 703. The lowest BCUT2D eigenvalue weighted by Crippen LogP contribution is -2.49. The predicted octanol–water partition coefficient (Wildman–Crippen LogP) is 4.01. The average molecular weight is 347 g/mol. The highest BCUT2D eigenvalue weighted by Crippen LogP contribution is 2.29. The molecule has 0 spiro atoms. The molecule has 2 aromatic rings. The van der Waals surface area contributed by atoms with Gasteiger partial charge >= 0.3 is 0 Å². The fourth-order valence-corrected chi connectivity index (χ4v) is 3.29. The monoisotopic (exact) mass is 346 g/mol. The largest absolute Gasteiger partial charge is 0.451 e. The van der Waals surface area contributed by atoms with E-state index in [-0.39, 0.29) is 5.91 Å². The van der Waals surface area contributed by atoms with E-state index in [1.807, 2.05) is 35.2 Å². The Morgan fingerprint density at radius 2 is 1.83 bits per heavy atom. The number of carbonyl (C=O) groups excluding carboxylic acids is 1. The summed E-state index contributed by atoms with van der Waals surface area (Å²) in [6, 6.07) is 11.0. The Morgan fingerprint density at radius 1 is 1.12 bits per heavy atom. The van der Waals surface area contributed by atoms with Crippen LogP contribution in [0.2, 0.25) is 5.02 Å². The van der Waals surface area contributed by atoms with E-state index in [1.165, 1.54) is 0 Å². The maximum atomic E-state index is 12.6. The first-order valence-corrected chi connectivity index (χ1v) is 8.79. The molecule has 1 aliphatic rings. The van der Waals surface area contributed by atoms with Crippen molar-refractivity contribution in [3.63, 3.8) is 0 Å². The SMILES string of the molecule is CC(C)CN1CCN(C(=O)c2ccc(-c3ccccc3Cl)o2)CC1. The van der Waals surface area contributed by atoms with Gasteiger partial charge in [-0.05, 0) is 30.2 Å². The van der Waals surface area contributed by atoms with Gasteiger partial charge in [0.1, 0.15) is 5.76 Å². The fraction of sp³-hybridized carbons (Fsp3) is 0.421. The van der Waals surface area contributed by atoms with Crippen LogP contribution in [0, 0.1) is 5.92 Å². The molecule has 1 aliphatic heterocycles. The first kappa shape index (κ1) is 17.1. The minimum absolute atomic E-state index is 0.0440. The number of piperazine rings is 1. The molecule has 2 heterocycles. The van der Waals surface area contributed by atoms with Gasteiger partial charge in [0, 0.05) is 38.3 Å². The lowest BCUT2D eigenvalue weighted by Gasteiger charge is -2.35. The lowest BCUT2D eigenvalue weighted by atomic mass is 10.2. The molecule has 0 bridgehead atoms. The topological polar surface area (TPSA) is 36.7 Å². The van der Waals surface area contributed by atoms with Gasteiger partial charge in [0.15, 0.2) is 5.76 Å². The van der Waals surface area contributed by atoms with E-state index in [9.17, 15) is 4.79 Å². The number of furan rings is 1. The Morgan fingerprint density at radius 3 is 2.50 bits per heavy atom. The van der Waals surface area contributed by atoms with Crippen LogP contribution in [0.3, 0.4) is 0 Å². The van der Waals surface area contributed by atoms with Gasteiger partial charge in [-0.2, -0.15) is 0 Å². The predicted molar refractivity (Wildman–Crippen MR) is 96.3 cm³/mol. The molecule has 0 atom stereocenters. The molecular weight excluding hydrogens is 324 g/mol. The fourth-order valence-electron chi connectivity index (χ4n) is 3.06. The maximum Gasteiger partial charge on any atom is 0.289 e. The van der Waals surface area contributed by atoms with Gasteiger partial charge in [0.25, 0.3) is 5.91 Å². The molecule has 0 aliphatic carbocycles. The minimum Gasteiger partial charge on any atom is -0.451 e. The standard InChI is InChI=1S/C19H23ClN2O2/c1-14(2)13-21-9-11-22(12-10-21)19(23)18-8-7-17(24-18)15-5-3-4-6-16(15)20/h3-8,14H,9-13H2,1-2H3. The third-order valence-corrected chi connectivity index (χ3v) is 4.57. The second-order valence-corrected chi connectivity index (χ2v) is 7.04. The van der Waals surface area contributed by atoms with Crippen LogP contribution in [0.15, 0.2) is 40.8 Å². The molecule has 1 saturated heterocycles. The van der Waals surface area contributed by atoms with Gasteiger partial charge in [-0.15, -0.1) is 0 Å². The van der Waals surface area contributed by atoms with Crippen molar-refractivity contribution in [2.24, 2.45) is 5.92 Å². The number of benzene rings is 1. The quantitative estimate of drug-likeness (QED) is 0.839. The zero-order valence-electron chi connectivity index (χ0n) is 14.2. The van der Waals surface area contributed by atoms with Gasteiger partial charge in [0.2, 0.25) is 0 Å². The molecule has 1 aromatic carbocycles. The highest BCUT2D eigenvalue weighted by atomic mass is 35.5. The second-order valence-electron chi connectivity index (χ2n) is 6.63. The van der Waals surface area contributed by atoms with Crippen LogP contribution in [-0.2, 0) is 0 Å². The number of amides is 1. The minimum atomic E-state index is -0.0440. The van der Waals surface area contributed by atoms with Gasteiger partial charge in [-0.25, -0.2) is 0 Å². The molecule has 3 rings (SSSR count). The third kappa shape index (κ3) is 3.82. The second kappa shape index (κ2) is 7.41. The van der Waals surface area contributed by atoms with E-state index in [0.717, 1.165) is 38.3 Å². The average Bonchev–Trinajstić information content (AvgIpc) is 3.04. The van der Waals surface area contributed by atoms with Gasteiger partial charge in [-0.1, -0.05) is 37.6 Å². The summed E-state index contributed by atoms with van der Waals surface area (Å²) in [5.74, 6) is 1.61. The van der Waals surface area contributed by atoms with E-state index in [4.69, 9.17) is 16.0 Å². The Kier molecular flexibility index (Phi) is 5.27. The zero-order chi connectivity index (χ0) is 17.1. The summed E-state index contributed by atoms with van der Waals surface area (Å²) < 4.78 is 5.77. The van der Waals surface area contributed by atoms with Crippen molar-refractivity contribution >= 4 is 17.5 Å². The summed E-state index contributed by atoms with van der Waals surface area (Å²) in [5.41, 5.74) is 0.806. The summed E-state index contributed by atoms with van der Waals surface area (Å²) in [4.78, 5) is 16.9. The number of halogens is 1. The maximum absolute atomic E-state index is 12.6. The molecule has 1 fully saturated rings. The van der Waals surface area contributed by atoms with Crippen molar-refractivity contribution < 1.29 is 9.21 Å². The van der Waals surface area contributed by atoms with Crippen LogP contribution < -0.4 is 0 Å². The number of rotatable bonds is 4. The summed E-state index contributed by atoms with van der Waals surface area (Å²) >= 11 is 6.19. The van der Waals surface area contributed by atoms with Gasteiger partial charge in [0.05, 0.1) is 5.02 Å². The Hall–Kier alpha value is -1.78. The van der Waals surface area contributed by atoms with E-state index in [1.54, 1.807) is 6.07 Å². The van der Waals surface area contributed by atoms with E-state index >= 15 is 0 Å². The highest BCUT2D eigenvalue weighted by Gasteiger charge is 2.24. The van der Waals surface area contributed by atoms with Crippen molar-refractivity contribution in [1.29, 1.82) is 0 Å². The number of nitrogens with zero attached hydrogens (tertiary/aromatic N) is 2. The van der Waals surface area contributed by atoms with E-state index in [2.05, 4.69) is 18.7 Å². The number of carbonyl (C=O) groups is 1. The Labute approximate surface area is 148 Å². The van der Waals surface area contributed by atoms with Crippen LogP contribution >= 0.6 is 11.6 Å². The molecule has 0 saturated carbocycles. The smallest absolute Gasteiger partial charge is 0.289 e. The van der Waals surface area contributed by atoms with Crippen LogP contribution in [0.5, 0.6) is 0 Å². The molecule has 0 unspecified atom stereocenters. The number of hydrogen-bond donors (Lipinski definition) is 0. The summed E-state index contributed by atoms with van der Waals surface area (Å²) in [6.07, 6.45) is 0. The van der Waals surface area contributed by atoms with Crippen LogP contribution in [0.1, 0.15) is 24.4 Å². The number of hydrogen-bond acceptors (Lipinski definition) is 3. The molecule has 1 amide bonds. The van der Waals surface area contributed by atoms with E-state index in [0.29, 0.717) is 22.5 Å². The summed E-state index contributed by atoms with van der Waals surface area (Å²) in [7, 11) is 0. The van der Waals surface area contributed by atoms with Gasteiger partial charge in [-0.3, -0.25) is 9.69 Å². The molecule has 1 aromatic heterocycles. The third-order valence-electron chi connectivity index (χ3n) is 4.24. The van der Waals surface area contributed by atoms with Crippen molar-refractivity contribution in [2.45, 2.75) is 13.8 Å². The van der Waals surface area contributed by atoms with Gasteiger partial charge < -0.3 is 9.32 Å². The molecule has 0 radical (unpaired) electrons. The van der Waals surface area contributed by atoms with E-state index < -0.39 is 0 Å². The molecule has 0 N–H and O–H groups in total. The molecule has 128 valence electrons.